The molecule has 2 aromatic carbocycles. The SMILES string of the molecule is CCCCOC(=O)C1=C(C)Nc2ncnn2C1c1ccc(OCc2c(Cl)cccc2Cl)cc1. The van der Waals surface area contributed by atoms with Crippen LogP contribution in [0.25, 0.3) is 0 Å². The second kappa shape index (κ2) is 10.3. The second-order valence-corrected chi connectivity index (χ2v) is 8.46. The molecular weight excluding hydrogens is 463 g/mol. The lowest BCUT2D eigenvalue weighted by Gasteiger charge is -2.28. The Morgan fingerprint density at radius 2 is 1.88 bits per heavy atom. The summed E-state index contributed by atoms with van der Waals surface area (Å²) in [6.07, 6.45) is 3.21. The van der Waals surface area contributed by atoms with Crippen molar-refractivity contribution in [2.75, 3.05) is 11.9 Å². The lowest BCUT2D eigenvalue weighted by atomic mass is 9.96. The summed E-state index contributed by atoms with van der Waals surface area (Å²) in [5, 5.41) is 8.59. The number of carbonyl (C=O) groups excluding carboxylic acids is 1. The van der Waals surface area contributed by atoms with Crippen molar-refractivity contribution in [1.29, 1.82) is 0 Å². The van der Waals surface area contributed by atoms with Gasteiger partial charge in [0.25, 0.3) is 0 Å². The van der Waals surface area contributed by atoms with Crippen molar-refractivity contribution in [2.24, 2.45) is 0 Å². The summed E-state index contributed by atoms with van der Waals surface area (Å²) in [5.74, 6) is 0.847. The van der Waals surface area contributed by atoms with E-state index in [0.29, 0.717) is 39.6 Å². The molecule has 3 aromatic rings. The summed E-state index contributed by atoms with van der Waals surface area (Å²) in [4.78, 5) is 17.2. The number of nitrogens with one attached hydrogen (secondary N) is 1. The molecule has 1 N–H and O–H groups in total. The van der Waals surface area contributed by atoms with E-state index in [1.54, 1.807) is 22.9 Å². The third-order valence-corrected chi connectivity index (χ3v) is 6.09. The van der Waals surface area contributed by atoms with Crippen LogP contribution in [-0.2, 0) is 16.1 Å². The number of carbonyl (C=O) groups is 1. The Kier molecular flexibility index (Phi) is 7.20. The van der Waals surface area contributed by atoms with Crippen molar-refractivity contribution >= 4 is 35.1 Å². The molecule has 4 rings (SSSR count). The van der Waals surface area contributed by atoms with Gasteiger partial charge in [-0.2, -0.15) is 10.1 Å². The maximum absolute atomic E-state index is 13.0. The van der Waals surface area contributed by atoms with E-state index in [1.807, 2.05) is 38.1 Å². The van der Waals surface area contributed by atoms with Gasteiger partial charge < -0.3 is 14.8 Å². The number of halogens is 2. The molecule has 7 nitrogen and oxygen atoms in total. The zero-order valence-electron chi connectivity index (χ0n) is 18.3. The Bertz CT molecular complexity index is 1150. The van der Waals surface area contributed by atoms with Gasteiger partial charge in [0, 0.05) is 21.3 Å². The van der Waals surface area contributed by atoms with Gasteiger partial charge in [-0.1, -0.05) is 54.7 Å². The summed E-state index contributed by atoms with van der Waals surface area (Å²) in [7, 11) is 0. The molecule has 0 spiro atoms. The molecule has 0 radical (unpaired) electrons. The molecular formula is C24H24Cl2N4O3. The average molecular weight is 487 g/mol. The third-order valence-electron chi connectivity index (χ3n) is 5.39. The fourth-order valence-electron chi connectivity index (χ4n) is 3.62. The first kappa shape index (κ1) is 23.1. The van der Waals surface area contributed by atoms with Gasteiger partial charge in [-0.05, 0) is 43.2 Å². The number of rotatable bonds is 8. The number of fused-ring (bicyclic) bond motifs is 1. The van der Waals surface area contributed by atoms with Crippen LogP contribution in [0.15, 0.2) is 60.1 Å². The van der Waals surface area contributed by atoms with Gasteiger partial charge in [0.1, 0.15) is 24.7 Å². The molecule has 0 saturated carbocycles. The van der Waals surface area contributed by atoms with Crippen molar-refractivity contribution in [3.63, 3.8) is 0 Å². The van der Waals surface area contributed by atoms with Gasteiger partial charge in [-0.15, -0.1) is 0 Å². The minimum atomic E-state index is -0.468. The fraction of sp³-hybridized carbons (Fsp3) is 0.292. The van der Waals surface area contributed by atoms with Crippen LogP contribution in [0.3, 0.4) is 0 Å². The van der Waals surface area contributed by atoms with Crippen LogP contribution >= 0.6 is 23.2 Å². The van der Waals surface area contributed by atoms with E-state index >= 15 is 0 Å². The Morgan fingerprint density at radius 1 is 1.15 bits per heavy atom. The maximum Gasteiger partial charge on any atom is 0.338 e. The molecule has 0 aliphatic carbocycles. The lowest BCUT2D eigenvalue weighted by Crippen LogP contribution is -2.29. The summed E-state index contributed by atoms with van der Waals surface area (Å²) < 4.78 is 13.1. The number of allylic oxidation sites excluding steroid dienone is 1. The molecule has 0 amide bonds. The Labute approximate surface area is 202 Å². The highest BCUT2D eigenvalue weighted by atomic mass is 35.5. The van der Waals surface area contributed by atoms with Gasteiger partial charge in [-0.25, -0.2) is 9.48 Å². The van der Waals surface area contributed by atoms with Crippen LogP contribution in [0.5, 0.6) is 5.75 Å². The number of benzene rings is 2. The zero-order valence-corrected chi connectivity index (χ0v) is 19.9. The minimum absolute atomic E-state index is 0.243. The average Bonchev–Trinajstić information content (AvgIpc) is 3.26. The summed E-state index contributed by atoms with van der Waals surface area (Å²) in [5.41, 5.74) is 2.77. The molecule has 172 valence electrons. The third kappa shape index (κ3) is 4.99. The number of esters is 1. The normalized spacial score (nSPS) is 15.1. The zero-order chi connectivity index (χ0) is 23.4. The van der Waals surface area contributed by atoms with Gasteiger partial charge in [0.2, 0.25) is 5.95 Å². The highest BCUT2D eigenvalue weighted by Gasteiger charge is 2.34. The second-order valence-electron chi connectivity index (χ2n) is 7.64. The molecule has 1 aromatic heterocycles. The highest BCUT2D eigenvalue weighted by Crippen LogP contribution is 2.36. The molecule has 0 fully saturated rings. The van der Waals surface area contributed by atoms with Gasteiger partial charge in [-0.3, -0.25) is 0 Å². The lowest BCUT2D eigenvalue weighted by molar-refractivity contribution is -0.139. The number of hydrogen-bond donors (Lipinski definition) is 1. The van der Waals surface area contributed by atoms with E-state index in [4.69, 9.17) is 32.7 Å². The molecule has 1 aliphatic rings. The molecule has 9 heteroatoms. The van der Waals surface area contributed by atoms with E-state index in [0.717, 1.165) is 24.0 Å². The first-order chi connectivity index (χ1) is 16.0. The van der Waals surface area contributed by atoms with Crippen LogP contribution in [0, 0.1) is 0 Å². The Balaban J connectivity index is 1.57. The van der Waals surface area contributed by atoms with E-state index in [-0.39, 0.29) is 12.6 Å². The monoisotopic (exact) mass is 486 g/mol. The number of anilines is 1. The van der Waals surface area contributed by atoms with E-state index in [9.17, 15) is 4.79 Å². The van der Waals surface area contributed by atoms with Gasteiger partial charge >= 0.3 is 5.97 Å². The molecule has 1 aliphatic heterocycles. The van der Waals surface area contributed by atoms with Crippen LogP contribution in [-0.4, -0.2) is 27.3 Å². The topological polar surface area (TPSA) is 78.3 Å². The van der Waals surface area contributed by atoms with E-state index in [2.05, 4.69) is 15.4 Å². The quantitative estimate of drug-likeness (QED) is 0.320. The predicted molar refractivity (Wildman–Crippen MR) is 128 cm³/mol. The van der Waals surface area contributed by atoms with Crippen molar-refractivity contribution in [2.45, 2.75) is 39.3 Å². The van der Waals surface area contributed by atoms with Crippen molar-refractivity contribution in [3.05, 3.63) is 81.2 Å². The Hall–Kier alpha value is -3.03. The minimum Gasteiger partial charge on any atom is -0.489 e. The van der Waals surface area contributed by atoms with Crippen molar-refractivity contribution < 1.29 is 14.3 Å². The number of unbranched alkanes of at least 4 members (excludes halogenated alkanes) is 1. The predicted octanol–water partition coefficient (Wildman–Crippen LogP) is 5.80. The number of nitrogens with zero attached hydrogens (tertiary/aromatic N) is 3. The maximum atomic E-state index is 13.0. The summed E-state index contributed by atoms with van der Waals surface area (Å²) in [6.45, 7) is 4.51. The number of ether oxygens (including phenoxy) is 2. The molecule has 33 heavy (non-hydrogen) atoms. The molecule has 0 bridgehead atoms. The molecule has 1 atom stereocenters. The van der Waals surface area contributed by atoms with E-state index in [1.165, 1.54) is 6.33 Å². The summed E-state index contributed by atoms with van der Waals surface area (Å²) in [6, 6.07) is 12.4. The van der Waals surface area contributed by atoms with Crippen molar-refractivity contribution in [1.82, 2.24) is 14.8 Å². The fourth-order valence-corrected chi connectivity index (χ4v) is 4.13. The van der Waals surface area contributed by atoms with E-state index < -0.39 is 6.04 Å². The summed E-state index contributed by atoms with van der Waals surface area (Å²) >= 11 is 12.5. The molecule has 0 saturated heterocycles. The smallest absolute Gasteiger partial charge is 0.338 e. The first-order valence-electron chi connectivity index (χ1n) is 10.7. The van der Waals surface area contributed by atoms with Crippen LogP contribution in [0.4, 0.5) is 5.95 Å². The van der Waals surface area contributed by atoms with Gasteiger partial charge in [0.15, 0.2) is 0 Å². The van der Waals surface area contributed by atoms with Crippen LogP contribution < -0.4 is 10.1 Å². The van der Waals surface area contributed by atoms with Crippen LogP contribution in [0.1, 0.15) is 43.9 Å². The number of aromatic nitrogens is 3. The first-order valence-corrected chi connectivity index (χ1v) is 11.4. The largest absolute Gasteiger partial charge is 0.489 e. The molecule has 2 heterocycles. The number of hydrogen-bond acceptors (Lipinski definition) is 6. The highest BCUT2D eigenvalue weighted by molar-refractivity contribution is 6.35. The van der Waals surface area contributed by atoms with Crippen molar-refractivity contribution in [3.8, 4) is 5.75 Å². The van der Waals surface area contributed by atoms with Gasteiger partial charge in [0.05, 0.1) is 12.2 Å². The Morgan fingerprint density at radius 3 is 2.58 bits per heavy atom. The van der Waals surface area contributed by atoms with Crippen LogP contribution in [0.2, 0.25) is 10.0 Å². The standard InChI is InChI=1S/C24H24Cl2N4O3/c1-3-4-12-32-23(31)21-15(2)29-24-27-14-28-30(24)22(21)16-8-10-17(11-9-16)33-13-18-19(25)6-5-7-20(18)26/h5-11,14,22H,3-4,12-13H2,1-2H3,(H,27,28,29). The molecule has 1 unspecified atom stereocenters.